The summed E-state index contributed by atoms with van der Waals surface area (Å²) in [4.78, 5) is 4.66. The summed E-state index contributed by atoms with van der Waals surface area (Å²) in [5.74, 6) is 0. The molecule has 0 aromatic rings. The summed E-state index contributed by atoms with van der Waals surface area (Å²) in [6.07, 6.45) is 6.12. The Morgan fingerprint density at radius 3 is 3.44 bits per heavy atom. The van der Waals surface area contributed by atoms with Crippen LogP contribution in [0.2, 0.25) is 0 Å². The molecular formula is C6H8ClNO. The van der Waals surface area contributed by atoms with Gasteiger partial charge >= 0.3 is 0 Å². The monoisotopic (exact) mass is 145 g/mol. The molecule has 3 heteroatoms. The van der Waals surface area contributed by atoms with Crippen molar-refractivity contribution in [3.05, 3.63) is 11.3 Å². The highest BCUT2D eigenvalue weighted by molar-refractivity contribution is 6.29. The summed E-state index contributed by atoms with van der Waals surface area (Å²) in [5.41, 5.74) is 0. The molecule has 0 spiro atoms. The van der Waals surface area contributed by atoms with Crippen molar-refractivity contribution in [1.29, 1.82) is 0 Å². The van der Waals surface area contributed by atoms with Gasteiger partial charge in [-0.3, -0.25) is 0 Å². The van der Waals surface area contributed by atoms with Gasteiger partial charge in [-0.05, 0) is 19.3 Å². The highest BCUT2D eigenvalue weighted by atomic mass is 35.5. The Labute approximate surface area is 59.1 Å². The quantitative estimate of drug-likeness (QED) is 0.513. The summed E-state index contributed by atoms with van der Waals surface area (Å²) in [5, 5.41) is 4.34. The van der Waals surface area contributed by atoms with Crippen LogP contribution in [0.3, 0.4) is 0 Å². The van der Waals surface area contributed by atoms with E-state index in [1.54, 1.807) is 6.21 Å². The molecule has 50 valence electrons. The van der Waals surface area contributed by atoms with Crippen molar-refractivity contribution in [2.24, 2.45) is 5.16 Å². The van der Waals surface area contributed by atoms with Crippen LogP contribution in [0.25, 0.3) is 0 Å². The van der Waals surface area contributed by atoms with Crippen molar-refractivity contribution in [3.63, 3.8) is 0 Å². The smallest absolute Gasteiger partial charge is 0.136 e. The Morgan fingerprint density at radius 1 is 1.67 bits per heavy atom. The van der Waals surface area contributed by atoms with Crippen LogP contribution in [-0.4, -0.2) is 6.21 Å². The minimum atomic E-state index is 0.742. The van der Waals surface area contributed by atoms with E-state index < -0.39 is 0 Å². The second kappa shape index (κ2) is 3.51. The maximum atomic E-state index is 5.66. The largest absolute Gasteiger partial charge is 0.364 e. The first-order valence-electron chi connectivity index (χ1n) is 2.92. The van der Waals surface area contributed by atoms with Gasteiger partial charge < -0.3 is 4.84 Å². The lowest BCUT2D eigenvalue weighted by atomic mass is 10.2. The molecule has 0 unspecified atom stereocenters. The van der Waals surface area contributed by atoms with Crippen molar-refractivity contribution in [1.82, 2.24) is 0 Å². The molecule has 0 amide bonds. The fraction of sp³-hybridized carbons (Fsp3) is 0.500. The third kappa shape index (κ3) is 2.51. The molecule has 0 fully saturated rings. The molecule has 1 rings (SSSR count). The first-order valence-corrected chi connectivity index (χ1v) is 3.29. The topological polar surface area (TPSA) is 21.6 Å². The molecule has 0 saturated carbocycles. The lowest BCUT2D eigenvalue weighted by Crippen LogP contribution is -1.84. The number of hydrogen-bond donors (Lipinski definition) is 0. The zero-order valence-corrected chi connectivity index (χ0v) is 5.77. The fourth-order valence-corrected chi connectivity index (χ4v) is 0.778. The van der Waals surface area contributed by atoms with Gasteiger partial charge in [-0.1, -0.05) is 16.8 Å². The van der Waals surface area contributed by atoms with Gasteiger partial charge in [0.05, 0.1) is 5.03 Å². The SMILES string of the molecule is Cl/C1=C/O/N=C/CCC1. The normalized spacial score (nSPS) is 28.8. The van der Waals surface area contributed by atoms with Crippen LogP contribution in [0.5, 0.6) is 0 Å². The molecule has 0 N–H and O–H groups in total. The molecule has 1 heterocycles. The molecule has 0 aliphatic carbocycles. The van der Waals surface area contributed by atoms with Crippen LogP contribution >= 0.6 is 11.6 Å². The summed E-state index contributed by atoms with van der Waals surface area (Å²) in [6, 6.07) is 0. The van der Waals surface area contributed by atoms with E-state index in [2.05, 4.69) is 9.99 Å². The maximum absolute atomic E-state index is 5.66. The number of halogens is 1. The summed E-state index contributed by atoms with van der Waals surface area (Å²) < 4.78 is 0. The fourth-order valence-electron chi connectivity index (χ4n) is 0.605. The van der Waals surface area contributed by atoms with Crippen molar-refractivity contribution in [2.45, 2.75) is 19.3 Å². The number of allylic oxidation sites excluding steroid dienone is 1. The Bertz CT molecular complexity index is 142. The predicted molar refractivity (Wildman–Crippen MR) is 37.4 cm³/mol. The summed E-state index contributed by atoms with van der Waals surface area (Å²) in [7, 11) is 0. The van der Waals surface area contributed by atoms with E-state index in [0.717, 1.165) is 24.3 Å². The average molecular weight is 146 g/mol. The van der Waals surface area contributed by atoms with Crippen molar-refractivity contribution < 1.29 is 4.84 Å². The molecule has 0 aromatic heterocycles. The van der Waals surface area contributed by atoms with Gasteiger partial charge in [-0.2, -0.15) is 0 Å². The third-order valence-electron chi connectivity index (χ3n) is 1.06. The molecule has 9 heavy (non-hydrogen) atoms. The minimum absolute atomic E-state index is 0.742. The van der Waals surface area contributed by atoms with Crippen LogP contribution in [0.15, 0.2) is 16.5 Å². The van der Waals surface area contributed by atoms with Gasteiger partial charge in [0.15, 0.2) is 0 Å². The van der Waals surface area contributed by atoms with Crippen LogP contribution in [0, 0.1) is 0 Å². The Balaban J connectivity index is 2.44. The Morgan fingerprint density at radius 2 is 2.56 bits per heavy atom. The molecule has 0 radical (unpaired) electrons. The van der Waals surface area contributed by atoms with Gasteiger partial charge in [0, 0.05) is 6.21 Å². The first-order chi connectivity index (χ1) is 4.39. The zero-order chi connectivity index (χ0) is 6.53. The van der Waals surface area contributed by atoms with Crippen LogP contribution in [0.4, 0.5) is 0 Å². The lowest BCUT2D eigenvalue weighted by Gasteiger charge is -1.98. The average Bonchev–Trinajstić information content (AvgIpc) is 1.79. The van der Waals surface area contributed by atoms with Gasteiger partial charge in [0.25, 0.3) is 0 Å². The molecule has 0 atom stereocenters. The van der Waals surface area contributed by atoms with Gasteiger partial charge in [0.2, 0.25) is 0 Å². The van der Waals surface area contributed by atoms with E-state index in [0.29, 0.717) is 0 Å². The van der Waals surface area contributed by atoms with E-state index in [1.165, 1.54) is 6.26 Å². The number of nitrogens with zero attached hydrogens (tertiary/aromatic N) is 1. The molecule has 0 aromatic carbocycles. The highest BCUT2D eigenvalue weighted by Gasteiger charge is 1.94. The number of oxime groups is 1. The highest BCUT2D eigenvalue weighted by Crippen LogP contribution is 2.12. The van der Waals surface area contributed by atoms with E-state index in [1.807, 2.05) is 0 Å². The van der Waals surface area contributed by atoms with Crippen molar-refractivity contribution >= 4 is 17.8 Å². The first kappa shape index (κ1) is 6.62. The minimum Gasteiger partial charge on any atom is -0.364 e. The van der Waals surface area contributed by atoms with Crippen LogP contribution in [-0.2, 0) is 4.84 Å². The van der Waals surface area contributed by atoms with Crippen molar-refractivity contribution in [3.8, 4) is 0 Å². The maximum Gasteiger partial charge on any atom is 0.136 e. The molecular weight excluding hydrogens is 138 g/mol. The molecule has 0 bridgehead atoms. The Kier molecular flexibility index (Phi) is 2.58. The Hall–Kier alpha value is -0.500. The van der Waals surface area contributed by atoms with Crippen molar-refractivity contribution in [2.75, 3.05) is 0 Å². The van der Waals surface area contributed by atoms with Crippen LogP contribution < -0.4 is 0 Å². The molecule has 0 saturated heterocycles. The second-order valence-corrected chi connectivity index (χ2v) is 2.34. The third-order valence-corrected chi connectivity index (χ3v) is 1.34. The molecule has 1 aliphatic heterocycles. The zero-order valence-electron chi connectivity index (χ0n) is 5.01. The number of hydrogen-bond acceptors (Lipinski definition) is 2. The summed E-state index contributed by atoms with van der Waals surface area (Å²) >= 11 is 5.66. The van der Waals surface area contributed by atoms with E-state index in [4.69, 9.17) is 11.6 Å². The van der Waals surface area contributed by atoms with Gasteiger partial charge in [0.1, 0.15) is 6.26 Å². The van der Waals surface area contributed by atoms with Gasteiger partial charge in [-0.25, -0.2) is 0 Å². The standard InChI is InChI=1S/C6H8ClNO/c7-6-3-1-2-4-8-9-5-6/h4-5H,1-3H2/b6-5+,8-4+. The number of rotatable bonds is 0. The van der Waals surface area contributed by atoms with E-state index >= 15 is 0 Å². The predicted octanol–water partition coefficient (Wildman–Crippen LogP) is 2.25. The van der Waals surface area contributed by atoms with E-state index in [9.17, 15) is 0 Å². The van der Waals surface area contributed by atoms with Gasteiger partial charge in [-0.15, -0.1) is 0 Å². The summed E-state index contributed by atoms with van der Waals surface area (Å²) in [6.45, 7) is 0. The molecule has 1 aliphatic rings. The lowest BCUT2D eigenvalue weighted by molar-refractivity contribution is 0.265. The van der Waals surface area contributed by atoms with Crippen LogP contribution in [0.1, 0.15) is 19.3 Å². The molecule has 2 nitrogen and oxygen atoms in total. The van der Waals surface area contributed by atoms with E-state index in [-0.39, 0.29) is 0 Å². The second-order valence-electron chi connectivity index (χ2n) is 1.85.